The first-order valence-electron chi connectivity index (χ1n) is 13.5. The van der Waals surface area contributed by atoms with Crippen LogP contribution >= 0.6 is 11.6 Å². The molecule has 3 heterocycles. The van der Waals surface area contributed by atoms with E-state index in [1.807, 2.05) is 7.05 Å². The molecule has 2 N–H and O–H groups in total. The quantitative estimate of drug-likeness (QED) is 0.522. The van der Waals surface area contributed by atoms with Crippen LogP contribution in [0, 0.1) is 23.1 Å². The predicted molar refractivity (Wildman–Crippen MR) is 144 cm³/mol. The molecule has 2 saturated carbocycles. The van der Waals surface area contributed by atoms with Crippen LogP contribution in [0.2, 0.25) is 5.02 Å². The fourth-order valence-electron chi connectivity index (χ4n) is 7.31. The zero-order valence-corrected chi connectivity index (χ0v) is 23.6. The first kappa shape index (κ1) is 28.9. The maximum atomic E-state index is 15.2. The third-order valence-corrected chi connectivity index (χ3v) is 9.45. The predicted octanol–water partition coefficient (Wildman–Crippen LogP) is 3.80. The molecule has 218 valence electrons. The van der Waals surface area contributed by atoms with Crippen molar-refractivity contribution >= 4 is 29.5 Å². The summed E-state index contributed by atoms with van der Waals surface area (Å²) in [5.74, 6) is -5.55. The number of carbonyl (C=O) groups is 2. The van der Waals surface area contributed by atoms with Gasteiger partial charge in [-0.15, -0.1) is 0 Å². The second-order valence-corrected chi connectivity index (χ2v) is 12.6. The average Bonchev–Trinajstić information content (AvgIpc) is 3.53. The van der Waals surface area contributed by atoms with Crippen LogP contribution in [0.1, 0.15) is 47.8 Å². The van der Waals surface area contributed by atoms with Gasteiger partial charge in [-0.3, -0.25) is 9.59 Å². The van der Waals surface area contributed by atoms with Gasteiger partial charge in [0.2, 0.25) is 0 Å². The van der Waals surface area contributed by atoms with Crippen LogP contribution in [-0.2, 0) is 11.8 Å². The third-order valence-electron chi connectivity index (χ3n) is 9.16. The molecule has 12 heteroatoms. The summed E-state index contributed by atoms with van der Waals surface area (Å²) < 4.78 is 44.5. The molecule has 40 heavy (non-hydrogen) atoms. The Bertz CT molecular complexity index is 1280. The lowest BCUT2D eigenvalue weighted by Crippen LogP contribution is -2.74. The number of imidazole rings is 1. The van der Waals surface area contributed by atoms with Crippen LogP contribution in [-0.4, -0.2) is 88.4 Å². The number of fused-ring (bicyclic) bond motifs is 1. The second kappa shape index (κ2) is 10.3. The van der Waals surface area contributed by atoms with Gasteiger partial charge in [0, 0.05) is 57.3 Å². The summed E-state index contributed by atoms with van der Waals surface area (Å²) in [7, 11) is 5.48. The summed E-state index contributed by atoms with van der Waals surface area (Å²) in [6.07, 6.45) is 3.41. The zero-order chi connectivity index (χ0) is 29.0. The van der Waals surface area contributed by atoms with Crippen molar-refractivity contribution in [3.05, 3.63) is 46.8 Å². The molecule has 1 aromatic carbocycles. The Hall–Kier alpha value is -2.63. The number of benzene rings is 1. The van der Waals surface area contributed by atoms with Gasteiger partial charge in [0.1, 0.15) is 17.1 Å². The zero-order valence-electron chi connectivity index (χ0n) is 22.8. The van der Waals surface area contributed by atoms with Crippen molar-refractivity contribution in [3.8, 4) is 0 Å². The molecule has 2 atom stereocenters. The first-order chi connectivity index (χ1) is 18.8. The van der Waals surface area contributed by atoms with Crippen molar-refractivity contribution in [3.63, 3.8) is 0 Å². The maximum absolute atomic E-state index is 15.2. The van der Waals surface area contributed by atoms with E-state index in [1.165, 1.54) is 17.0 Å². The Morgan fingerprint density at radius 2 is 1.80 bits per heavy atom. The van der Waals surface area contributed by atoms with Crippen LogP contribution in [0.3, 0.4) is 0 Å². The monoisotopic (exact) mass is 581 g/mol. The molecule has 2 saturated heterocycles. The van der Waals surface area contributed by atoms with Gasteiger partial charge in [-0.25, -0.2) is 9.37 Å². The molecule has 4 fully saturated rings. The molecular formula is C28H35ClF3N5O3. The Labute approximate surface area is 236 Å². The lowest BCUT2D eigenvalue weighted by Gasteiger charge is -2.60. The highest BCUT2D eigenvalue weighted by molar-refractivity contribution is 6.31. The fraction of sp³-hybridized carbons (Fsp3) is 0.607. The molecular weight excluding hydrogens is 547 g/mol. The number of aldehydes is 1. The maximum Gasteiger partial charge on any atom is 0.352 e. The summed E-state index contributed by atoms with van der Waals surface area (Å²) in [5, 5.41) is 13.9. The lowest BCUT2D eigenvalue weighted by molar-refractivity contribution is -0.216. The summed E-state index contributed by atoms with van der Waals surface area (Å²) >= 11 is 5.48. The Kier molecular flexibility index (Phi) is 7.46. The van der Waals surface area contributed by atoms with E-state index in [2.05, 4.69) is 15.2 Å². The number of anilines is 1. The molecule has 0 bridgehead atoms. The van der Waals surface area contributed by atoms with Gasteiger partial charge in [0.25, 0.3) is 5.91 Å². The SMILES string of the molecule is CN1CC2(C1)CN(C(=O)C(F)(F)C1(O)CC3CC(c4ncn(C)c4C=O)CC3C1)C2.CNc1ccc(F)c(Cl)c1. The number of aromatic nitrogens is 2. The van der Waals surface area contributed by atoms with E-state index in [4.69, 9.17) is 11.6 Å². The topological polar surface area (TPSA) is 90.7 Å². The third kappa shape index (κ3) is 4.90. The van der Waals surface area contributed by atoms with E-state index in [0.717, 1.165) is 25.1 Å². The number of alkyl halides is 2. The van der Waals surface area contributed by atoms with Crippen LogP contribution < -0.4 is 5.32 Å². The molecule has 2 aliphatic carbocycles. The number of aryl methyl sites for hydroxylation is 1. The molecule has 2 aliphatic heterocycles. The molecule has 2 aromatic rings. The highest BCUT2D eigenvalue weighted by Gasteiger charge is 2.67. The van der Waals surface area contributed by atoms with Gasteiger partial charge in [-0.1, -0.05) is 11.6 Å². The number of hydrogen-bond donors (Lipinski definition) is 2. The number of amides is 1. The van der Waals surface area contributed by atoms with Crippen LogP contribution in [0.5, 0.6) is 0 Å². The average molecular weight is 582 g/mol. The van der Waals surface area contributed by atoms with Crippen molar-refractivity contribution in [2.75, 3.05) is 45.6 Å². The highest BCUT2D eigenvalue weighted by Crippen LogP contribution is 2.58. The first-order valence-corrected chi connectivity index (χ1v) is 13.9. The van der Waals surface area contributed by atoms with Gasteiger partial charge in [-0.2, -0.15) is 8.78 Å². The molecule has 1 aromatic heterocycles. The summed E-state index contributed by atoms with van der Waals surface area (Å²) in [5.41, 5.74) is -0.275. The minimum absolute atomic E-state index is 0.0263. The largest absolute Gasteiger partial charge is 0.388 e. The van der Waals surface area contributed by atoms with Crippen LogP contribution in [0.25, 0.3) is 0 Å². The van der Waals surface area contributed by atoms with Gasteiger partial charge in [0.05, 0.1) is 17.0 Å². The summed E-state index contributed by atoms with van der Waals surface area (Å²) in [6.45, 7) is 2.36. The van der Waals surface area contributed by atoms with Crippen molar-refractivity contribution in [1.82, 2.24) is 19.4 Å². The number of likely N-dealkylation sites (tertiary alicyclic amines) is 2. The molecule has 6 rings (SSSR count). The van der Waals surface area contributed by atoms with Crippen LogP contribution in [0.15, 0.2) is 24.5 Å². The van der Waals surface area contributed by atoms with E-state index in [-0.39, 0.29) is 46.9 Å². The number of nitrogens with zero attached hydrogens (tertiary/aromatic N) is 4. The fourth-order valence-corrected chi connectivity index (χ4v) is 7.49. The van der Waals surface area contributed by atoms with Crippen molar-refractivity contribution in [1.29, 1.82) is 0 Å². The number of nitrogens with one attached hydrogen (secondary N) is 1. The summed E-state index contributed by atoms with van der Waals surface area (Å²) in [4.78, 5) is 31.6. The Morgan fingerprint density at radius 1 is 1.18 bits per heavy atom. The highest BCUT2D eigenvalue weighted by atomic mass is 35.5. The molecule has 4 aliphatic rings. The molecule has 8 nitrogen and oxygen atoms in total. The number of carbonyl (C=O) groups excluding carboxylic acids is 2. The van der Waals surface area contributed by atoms with E-state index in [1.54, 1.807) is 31.1 Å². The molecule has 1 amide bonds. The van der Waals surface area contributed by atoms with Gasteiger partial charge in [0.15, 0.2) is 6.29 Å². The Morgan fingerprint density at radius 3 is 2.33 bits per heavy atom. The van der Waals surface area contributed by atoms with E-state index in [9.17, 15) is 19.1 Å². The number of hydrogen-bond acceptors (Lipinski definition) is 6. The standard InChI is InChI=1S/C21H28F2N4O3.C7H7ClFN/c1-25-8-19(9-25)10-27(11-19)18(29)21(22,23)20(30)5-14-3-13(4-15(14)6-20)17-16(7-28)26(2)12-24-17;1-10-5-2-3-7(9)6(8)4-5/h7,12-15,30H,3-6,8-11H2,1-2H3;2-4,10H,1H3. The summed E-state index contributed by atoms with van der Waals surface area (Å²) in [6, 6.07) is 4.49. The van der Waals surface area contributed by atoms with E-state index < -0.39 is 17.4 Å². The van der Waals surface area contributed by atoms with Crippen molar-refractivity contribution < 1.29 is 27.9 Å². The van der Waals surface area contributed by atoms with Crippen LogP contribution in [0.4, 0.5) is 18.9 Å². The van der Waals surface area contributed by atoms with E-state index >= 15 is 8.78 Å². The molecule has 1 spiro atoms. The van der Waals surface area contributed by atoms with E-state index in [0.29, 0.717) is 37.3 Å². The van der Waals surface area contributed by atoms with Gasteiger partial charge < -0.3 is 24.8 Å². The second-order valence-electron chi connectivity index (χ2n) is 12.2. The lowest BCUT2D eigenvalue weighted by atomic mass is 9.72. The van der Waals surface area contributed by atoms with Gasteiger partial charge >= 0.3 is 5.92 Å². The minimum Gasteiger partial charge on any atom is -0.388 e. The normalized spacial score (nSPS) is 28.8. The number of halogens is 4. The Balaban J connectivity index is 0.000000274. The van der Waals surface area contributed by atoms with Crippen molar-refractivity contribution in [2.45, 2.75) is 43.1 Å². The minimum atomic E-state index is -3.77. The smallest absolute Gasteiger partial charge is 0.352 e. The van der Waals surface area contributed by atoms with Gasteiger partial charge in [-0.05, 0) is 62.8 Å². The number of rotatable bonds is 5. The molecule has 2 unspecified atom stereocenters. The number of aliphatic hydroxyl groups is 1. The van der Waals surface area contributed by atoms with Crippen molar-refractivity contribution in [2.24, 2.45) is 24.3 Å². The molecule has 0 radical (unpaired) electrons.